The molecule has 3 N–H and O–H groups in total. The minimum atomic E-state index is -4.48. The van der Waals surface area contributed by atoms with Crippen LogP contribution in [-0.4, -0.2) is 11.8 Å². The molecule has 2 aromatic carbocycles. The maximum absolute atomic E-state index is 12.5. The van der Waals surface area contributed by atoms with E-state index in [-0.39, 0.29) is 5.56 Å². The summed E-state index contributed by atoms with van der Waals surface area (Å²) in [7, 11) is 0. The number of hydrogen-bond acceptors (Lipinski definition) is 2. The van der Waals surface area contributed by atoms with Crippen LogP contribution in [0.4, 0.5) is 13.2 Å². The van der Waals surface area contributed by atoms with E-state index in [9.17, 15) is 22.8 Å². The molecule has 0 bridgehead atoms. The molecule has 2 amide bonds. The Labute approximate surface area is 130 Å². The highest BCUT2D eigenvalue weighted by molar-refractivity contribution is 5.97. The van der Waals surface area contributed by atoms with Gasteiger partial charge in [0, 0.05) is 5.56 Å². The van der Waals surface area contributed by atoms with Crippen LogP contribution in [0, 0.1) is 0 Å². The lowest BCUT2D eigenvalue weighted by molar-refractivity contribution is -0.137. The van der Waals surface area contributed by atoms with Gasteiger partial charge in [0.05, 0.1) is 5.56 Å². The third-order valence-corrected chi connectivity index (χ3v) is 3.17. The summed E-state index contributed by atoms with van der Waals surface area (Å²) in [5.41, 5.74) is 4.90. The quantitative estimate of drug-likeness (QED) is 0.908. The highest BCUT2D eigenvalue weighted by atomic mass is 19.4. The summed E-state index contributed by atoms with van der Waals surface area (Å²) in [5.74, 6) is -1.46. The van der Waals surface area contributed by atoms with Crippen LogP contribution in [0.3, 0.4) is 0 Å². The Morgan fingerprint density at radius 1 is 0.957 bits per heavy atom. The molecule has 23 heavy (non-hydrogen) atoms. The predicted molar refractivity (Wildman–Crippen MR) is 77.3 cm³/mol. The van der Waals surface area contributed by atoms with Crippen LogP contribution in [0.25, 0.3) is 0 Å². The molecule has 0 saturated carbocycles. The molecule has 0 heterocycles. The number of primary amides is 1. The fraction of sp³-hybridized carbons (Fsp3) is 0.125. The molecule has 0 saturated heterocycles. The highest BCUT2D eigenvalue weighted by Crippen LogP contribution is 2.29. The molecule has 1 atom stereocenters. The molecule has 2 rings (SSSR count). The van der Waals surface area contributed by atoms with E-state index in [4.69, 9.17) is 5.73 Å². The Hall–Kier alpha value is -2.83. The molecule has 0 aliphatic heterocycles. The van der Waals surface area contributed by atoms with Gasteiger partial charge in [-0.05, 0) is 29.8 Å². The zero-order valence-corrected chi connectivity index (χ0v) is 11.8. The zero-order valence-electron chi connectivity index (χ0n) is 11.8. The smallest absolute Gasteiger partial charge is 0.368 e. The molecule has 7 heteroatoms. The van der Waals surface area contributed by atoms with Gasteiger partial charge in [-0.2, -0.15) is 13.2 Å². The molecule has 0 aromatic heterocycles. The van der Waals surface area contributed by atoms with Gasteiger partial charge in [0.1, 0.15) is 6.04 Å². The SMILES string of the molecule is NC(=O)[C@@H](NC(=O)c1ccc(C(F)(F)F)cc1)c1ccccc1. The van der Waals surface area contributed by atoms with Crippen molar-refractivity contribution in [2.75, 3.05) is 0 Å². The second kappa shape index (κ2) is 6.51. The summed E-state index contributed by atoms with van der Waals surface area (Å²) in [4.78, 5) is 23.6. The van der Waals surface area contributed by atoms with E-state index in [0.717, 1.165) is 24.3 Å². The first-order valence-corrected chi connectivity index (χ1v) is 6.61. The van der Waals surface area contributed by atoms with Gasteiger partial charge >= 0.3 is 6.18 Å². The van der Waals surface area contributed by atoms with Crippen molar-refractivity contribution in [2.45, 2.75) is 12.2 Å². The minimum absolute atomic E-state index is 0.000168. The number of nitrogens with two attached hydrogens (primary N) is 1. The maximum Gasteiger partial charge on any atom is 0.416 e. The van der Waals surface area contributed by atoms with Gasteiger partial charge in [-0.3, -0.25) is 9.59 Å². The van der Waals surface area contributed by atoms with E-state index in [1.165, 1.54) is 0 Å². The lowest BCUT2D eigenvalue weighted by atomic mass is 10.1. The van der Waals surface area contributed by atoms with Gasteiger partial charge in [0.15, 0.2) is 0 Å². The van der Waals surface area contributed by atoms with Gasteiger partial charge in [0.25, 0.3) is 5.91 Å². The second-order valence-corrected chi connectivity index (χ2v) is 4.79. The predicted octanol–water partition coefficient (Wildman–Crippen LogP) is 2.66. The third-order valence-electron chi connectivity index (χ3n) is 3.17. The number of carbonyl (C=O) groups is 2. The maximum atomic E-state index is 12.5. The standard InChI is InChI=1S/C16H13F3N2O2/c17-16(18,19)12-8-6-11(7-9-12)15(23)21-13(14(20)22)10-4-2-1-3-5-10/h1-9,13H,(H2,20,22)(H,21,23)/t13-/m0/s1. The van der Waals surface area contributed by atoms with E-state index in [2.05, 4.69) is 5.32 Å². The van der Waals surface area contributed by atoms with Crippen LogP contribution >= 0.6 is 0 Å². The minimum Gasteiger partial charge on any atom is -0.368 e. The van der Waals surface area contributed by atoms with Gasteiger partial charge in [-0.1, -0.05) is 30.3 Å². The molecule has 0 fully saturated rings. The molecule has 120 valence electrons. The van der Waals surface area contributed by atoms with Gasteiger partial charge in [0.2, 0.25) is 5.91 Å². The summed E-state index contributed by atoms with van der Waals surface area (Å²) < 4.78 is 37.5. The van der Waals surface area contributed by atoms with Crippen molar-refractivity contribution in [3.05, 3.63) is 71.3 Å². The number of hydrogen-bond donors (Lipinski definition) is 2. The fourth-order valence-electron chi connectivity index (χ4n) is 1.99. The molecule has 0 spiro atoms. The van der Waals surface area contributed by atoms with Gasteiger partial charge < -0.3 is 11.1 Å². The fourth-order valence-corrected chi connectivity index (χ4v) is 1.99. The Bertz CT molecular complexity index is 698. The first-order valence-electron chi connectivity index (χ1n) is 6.61. The summed E-state index contributed by atoms with van der Waals surface area (Å²) in [5, 5.41) is 2.41. The summed E-state index contributed by atoms with van der Waals surface area (Å²) in [6, 6.07) is 10.9. The van der Waals surface area contributed by atoms with E-state index in [1.54, 1.807) is 30.3 Å². The van der Waals surface area contributed by atoms with Crippen molar-refractivity contribution in [3.63, 3.8) is 0 Å². The number of amides is 2. The molecule has 0 aliphatic rings. The van der Waals surface area contributed by atoms with Crippen molar-refractivity contribution < 1.29 is 22.8 Å². The van der Waals surface area contributed by atoms with Crippen LogP contribution in [0.15, 0.2) is 54.6 Å². The summed E-state index contributed by atoms with van der Waals surface area (Å²) in [6.07, 6.45) is -4.48. The van der Waals surface area contributed by atoms with Crippen LogP contribution in [0.5, 0.6) is 0 Å². The average molecular weight is 322 g/mol. The molecule has 4 nitrogen and oxygen atoms in total. The van der Waals surface area contributed by atoms with E-state index < -0.39 is 29.6 Å². The average Bonchev–Trinajstić information content (AvgIpc) is 2.52. The van der Waals surface area contributed by atoms with Crippen molar-refractivity contribution in [1.82, 2.24) is 5.32 Å². The molecule has 0 aliphatic carbocycles. The monoisotopic (exact) mass is 322 g/mol. The number of rotatable bonds is 4. The Morgan fingerprint density at radius 3 is 2.00 bits per heavy atom. The van der Waals surface area contributed by atoms with E-state index >= 15 is 0 Å². The molecule has 2 aromatic rings. The molecular weight excluding hydrogens is 309 g/mol. The topological polar surface area (TPSA) is 72.2 Å². The lowest BCUT2D eigenvalue weighted by Gasteiger charge is -2.16. The normalized spacial score (nSPS) is 12.5. The van der Waals surface area contributed by atoms with Gasteiger partial charge in [-0.15, -0.1) is 0 Å². The first-order chi connectivity index (χ1) is 10.8. The van der Waals surface area contributed by atoms with Crippen molar-refractivity contribution in [2.24, 2.45) is 5.73 Å². The van der Waals surface area contributed by atoms with E-state index in [1.807, 2.05) is 0 Å². The lowest BCUT2D eigenvalue weighted by Crippen LogP contribution is -2.37. The third kappa shape index (κ3) is 4.09. The zero-order chi connectivity index (χ0) is 17.0. The van der Waals surface area contributed by atoms with Crippen LogP contribution in [0.2, 0.25) is 0 Å². The van der Waals surface area contributed by atoms with Gasteiger partial charge in [-0.25, -0.2) is 0 Å². The summed E-state index contributed by atoms with van der Waals surface area (Å²) in [6.45, 7) is 0. The van der Waals surface area contributed by atoms with Crippen LogP contribution in [-0.2, 0) is 11.0 Å². The summed E-state index contributed by atoms with van der Waals surface area (Å²) >= 11 is 0. The van der Waals surface area contributed by atoms with Crippen LogP contribution in [0.1, 0.15) is 27.5 Å². The number of alkyl halides is 3. The number of carbonyl (C=O) groups excluding carboxylic acids is 2. The molecule has 0 radical (unpaired) electrons. The van der Waals surface area contributed by atoms with Crippen molar-refractivity contribution in [1.29, 1.82) is 0 Å². The largest absolute Gasteiger partial charge is 0.416 e. The van der Waals surface area contributed by atoms with Crippen LogP contribution < -0.4 is 11.1 Å². The first kappa shape index (κ1) is 16.5. The Morgan fingerprint density at radius 2 is 1.52 bits per heavy atom. The number of benzene rings is 2. The van der Waals surface area contributed by atoms with Crippen molar-refractivity contribution >= 4 is 11.8 Å². The number of nitrogens with one attached hydrogen (secondary N) is 1. The van der Waals surface area contributed by atoms with Crippen molar-refractivity contribution in [3.8, 4) is 0 Å². The molecular formula is C16H13F3N2O2. The second-order valence-electron chi connectivity index (χ2n) is 4.79. The van der Waals surface area contributed by atoms with E-state index in [0.29, 0.717) is 5.56 Å². The Kier molecular flexibility index (Phi) is 4.68. The number of halogens is 3. The highest BCUT2D eigenvalue weighted by Gasteiger charge is 2.30. The Balaban J connectivity index is 2.18. The molecule has 0 unspecified atom stereocenters.